The summed E-state index contributed by atoms with van der Waals surface area (Å²) < 4.78 is 0. The molecule has 60 valence electrons. The van der Waals surface area contributed by atoms with Gasteiger partial charge in [-0.2, -0.15) is 0 Å². The molecule has 0 spiro atoms. The van der Waals surface area contributed by atoms with E-state index in [9.17, 15) is 0 Å². The van der Waals surface area contributed by atoms with Crippen LogP contribution in [0.15, 0.2) is 12.7 Å². The van der Waals surface area contributed by atoms with Crippen molar-refractivity contribution in [1.29, 1.82) is 0 Å². The smallest absolute Gasteiger partial charge is 0.0480 e. The maximum atomic E-state index is 3.62. The number of rotatable bonds is 6. The molecule has 0 aliphatic carbocycles. The molecule has 0 aromatic rings. The number of hydrogen-bond donors (Lipinski definition) is 1. The van der Waals surface area contributed by atoms with Crippen molar-refractivity contribution in [1.82, 2.24) is 10.2 Å². The maximum absolute atomic E-state index is 3.62. The van der Waals surface area contributed by atoms with E-state index in [0.717, 1.165) is 19.8 Å². The molecule has 10 heavy (non-hydrogen) atoms. The highest BCUT2D eigenvalue weighted by Crippen LogP contribution is 1.81. The number of nitrogens with zero attached hydrogens (tertiary/aromatic N) is 1. The van der Waals surface area contributed by atoms with Gasteiger partial charge in [0.2, 0.25) is 0 Å². The van der Waals surface area contributed by atoms with E-state index in [2.05, 4.69) is 30.8 Å². The van der Waals surface area contributed by atoms with E-state index < -0.39 is 0 Å². The van der Waals surface area contributed by atoms with E-state index in [0.29, 0.717) is 0 Å². The van der Waals surface area contributed by atoms with Crippen LogP contribution in [0.2, 0.25) is 0 Å². The second-order valence-corrected chi connectivity index (χ2v) is 2.48. The molecule has 0 aromatic carbocycles. The highest BCUT2D eigenvalue weighted by Gasteiger charge is 1.91. The molecule has 0 aliphatic heterocycles. The Morgan fingerprint density at radius 1 is 1.60 bits per heavy atom. The Hall–Kier alpha value is -0.340. The first-order valence-corrected chi connectivity index (χ1v) is 3.81. The standard InChI is InChI=1S/C8H18N2/c1-4-6-9-8-10(3)7-5-2/h4,9H,1,5-8H2,2-3H3. The maximum Gasteiger partial charge on any atom is 0.0480 e. The minimum Gasteiger partial charge on any atom is -0.301 e. The Balaban J connectivity index is 3.04. The van der Waals surface area contributed by atoms with Crippen molar-refractivity contribution < 1.29 is 0 Å². The Kier molecular flexibility index (Phi) is 6.55. The van der Waals surface area contributed by atoms with Crippen LogP contribution in [0.1, 0.15) is 13.3 Å². The van der Waals surface area contributed by atoms with E-state index in [1.165, 1.54) is 6.42 Å². The Morgan fingerprint density at radius 3 is 2.80 bits per heavy atom. The minimum absolute atomic E-state index is 0.897. The predicted octanol–water partition coefficient (Wildman–Crippen LogP) is 1.06. The zero-order valence-electron chi connectivity index (χ0n) is 7.06. The summed E-state index contributed by atoms with van der Waals surface area (Å²) in [5.74, 6) is 0. The summed E-state index contributed by atoms with van der Waals surface area (Å²) in [5.41, 5.74) is 0. The normalized spacial score (nSPS) is 10.3. The quantitative estimate of drug-likeness (QED) is 0.339. The molecular weight excluding hydrogens is 124 g/mol. The third-order valence-corrected chi connectivity index (χ3v) is 1.28. The van der Waals surface area contributed by atoms with Gasteiger partial charge in [0.15, 0.2) is 0 Å². The molecule has 0 rings (SSSR count). The van der Waals surface area contributed by atoms with E-state index in [-0.39, 0.29) is 0 Å². The van der Waals surface area contributed by atoms with Crippen molar-refractivity contribution in [3.63, 3.8) is 0 Å². The molecular formula is C8H18N2. The van der Waals surface area contributed by atoms with Gasteiger partial charge in [0.25, 0.3) is 0 Å². The summed E-state index contributed by atoms with van der Waals surface area (Å²) in [6, 6.07) is 0. The average Bonchev–Trinajstić information content (AvgIpc) is 1.89. The Labute approximate surface area is 63.9 Å². The van der Waals surface area contributed by atoms with E-state index >= 15 is 0 Å². The Morgan fingerprint density at radius 2 is 2.30 bits per heavy atom. The molecule has 0 heterocycles. The summed E-state index contributed by atoms with van der Waals surface area (Å²) in [4.78, 5) is 2.25. The first kappa shape index (κ1) is 9.66. The molecule has 0 aliphatic rings. The van der Waals surface area contributed by atoms with Crippen molar-refractivity contribution in [2.75, 3.05) is 26.8 Å². The van der Waals surface area contributed by atoms with Crippen LogP contribution in [0.4, 0.5) is 0 Å². The van der Waals surface area contributed by atoms with Crippen LogP contribution in [0.25, 0.3) is 0 Å². The fourth-order valence-corrected chi connectivity index (χ4v) is 0.818. The van der Waals surface area contributed by atoms with Crippen LogP contribution in [0.5, 0.6) is 0 Å². The molecule has 0 saturated carbocycles. The van der Waals surface area contributed by atoms with Crippen LogP contribution >= 0.6 is 0 Å². The summed E-state index contributed by atoms with van der Waals surface area (Å²) in [6.45, 7) is 8.82. The van der Waals surface area contributed by atoms with Gasteiger partial charge in [-0.3, -0.25) is 4.90 Å². The van der Waals surface area contributed by atoms with Gasteiger partial charge in [-0.1, -0.05) is 13.0 Å². The van der Waals surface area contributed by atoms with Gasteiger partial charge in [0, 0.05) is 13.2 Å². The van der Waals surface area contributed by atoms with Gasteiger partial charge in [0.05, 0.1) is 0 Å². The molecule has 2 nitrogen and oxygen atoms in total. The molecule has 0 fully saturated rings. The van der Waals surface area contributed by atoms with E-state index in [4.69, 9.17) is 0 Å². The fraction of sp³-hybridized carbons (Fsp3) is 0.750. The second kappa shape index (κ2) is 6.78. The van der Waals surface area contributed by atoms with Crippen molar-refractivity contribution in [3.8, 4) is 0 Å². The first-order valence-electron chi connectivity index (χ1n) is 3.81. The lowest BCUT2D eigenvalue weighted by molar-refractivity contribution is 0.313. The summed E-state index contributed by atoms with van der Waals surface area (Å²) in [6.07, 6.45) is 3.09. The largest absolute Gasteiger partial charge is 0.301 e. The van der Waals surface area contributed by atoms with Gasteiger partial charge in [-0.25, -0.2) is 0 Å². The average molecular weight is 142 g/mol. The van der Waals surface area contributed by atoms with E-state index in [1.54, 1.807) is 0 Å². The second-order valence-electron chi connectivity index (χ2n) is 2.48. The lowest BCUT2D eigenvalue weighted by Gasteiger charge is -2.14. The van der Waals surface area contributed by atoms with Gasteiger partial charge >= 0.3 is 0 Å². The molecule has 0 atom stereocenters. The van der Waals surface area contributed by atoms with Crippen LogP contribution in [-0.2, 0) is 0 Å². The molecule has 0 saturated heterocycles. The third kappa shape index (κ3) is 5.79. The van der Waals surface area contributed by atoms with Gasteiger partial charge in [-0.05, 0) is 20.0 Å². The van der Waals surface area contributed by atoms with Crippen molar-refractivity contribution in [2.45, 2.75) is 13.3 Å². The summed E-state index contributed by atoms with van der Waals surface area (Å²) in [5, 5.41) is 3.23. The van der Waals surface area contributed by atoms with Crippen molar-refractivity contribution in [3.05, 3.63) is 12.7 Å². The third-order valence-electron chi connectivity index (χ3n) is 1.28. The molecule has 0 aromatic heterocycles. The first-order chi connectivity index (χ1) is 4.81. The van der Waals surface area contributed by atoms with Gasteiger partial charge in [0.1, 0.15) is 0 Å². The molecule has 0 bridgehead atoms. The topological polar surface area (TPSA) is 15.3 Å². The van der Waals surface area contributed by atoms with Crippen LogP contribution in [0.3, 0.4) is 0 Å². The zero-order chi connectivity index (χ0) is 7.82. The molecule has 1 N–H and O–H groups in total. The monoisotopic (exact) mass is 142 g/mol. The van der Waals surface area contributed by atoms with Crippen LogP contribution < -0.4 is 5.32 Å². The van der Waals surface area contributed by atoms with Crippen LogP contribution in [-0.4, -0.2) is 31.7 Å². The molecule has 0 radical (unpaired) electrons. The SMILES string of the molecule is C=CCNCN(C)CCC. The van der Waals surface area contributed by atoms with Crippen molar-refractivity contribution >= 4 is 0 Å². The summed E-state index contributed by atoms with van der Waals surface area (Å²) >= 11 is 0. The molecule has 2 heteroatoms. The molecule has 0 unspecified atom stereocenters. The lowest BCUT2D eigenvalue weighted by atomic mass is 10.4. The van der Waals surface area contributed by atoms with Crippen LogP contribution in [0, 0.1) is 0 Å². The number of hydrogen-bond acceptors (Lipinski definition) is 2. The van der Waals surface area contributed by atoms with Crippen molar-refractivity contribution in [2.24, 2.45) is 0 Å². The van der Waals surface area contributed by atoms with E-state index in [1.807, 2.05) is 6.08 Å². The highest BCUT2D eigenvalue weighted by atomic mass is 15.2. The number of nitrogens with one attached hydrogen (secondary N) is 1. The molecule has 0 amide bonds. The van der Waals surface area contributed by atoms with Gasteiger partial charge < -0.3 is 5.32 Å². The summed E-state index contributed by atoms with van der Waals surface area (Å²) in [7, 11) is 2.11. The highest BCUT2D eigenvalue weighted by molar-refractivity contribution is 4.68. The minimum atomic E-state index is 0.897. The Bertz CT molecular complexity index is 81.3. The lowest BCUT2D eigenvalue weighted by Crippen LogP contribution is -2.31. The van der Waals surface area contributed by atoms with Gasteiger partial charge in [-0.15, -0.1) is 6.58 Å². The fourth-order valence-electron chi connectivity index (χ4n) is 0.818. The zero-order valence-corrected chi connectivity index (χ0v) is 7.06. The predicted molar refractivity (Wildman–Crippen MR) is 46.0 cm³/mol.